The van der Waals surface area contributed by atoms with Crippen molar-refractivity contribution in [3.8, 4) is 0 Å². The first-order valence-electron chi connectivity index (χ1n) is 10.1. The molecule has 1 aromatic rings. The maximum Gasteiger partial charge on any atom is 0.251 e. The Kier molecular flexibility index (Phi) is 8.49. The van der Waals surface area contributed by atoms with Gasteiger partial charge in [0.05, 0.1) is 12.1 Å². The Morgan fingerprint density at radius 2 is 2.03 bits per heavy atom. The first-order chi connectivity index (χ1) is 13.6. The second-order valence-corrected chi connectivity index (χ2v) is 8.93. The molecule has 1 amide bonds. The topological polar surface area (TPSA) is 53.6 Å². The first kappa shape index (κ1) is 23.6. The molecule has 0 radical (unpaired) electrons. The lowest BCUT2D eigenvalue weighted by molar-refractivity contribution is 0.0928. The fraction of sp³-hybridized carbons (Fsp3) is 0.591. The summed E-state index contributed by atoms with van der Waals surface area (Å²) < 4.78 is 18.7. The van der Waals surface area contributed by atoms with Crippen LogP contribution in [0.5, 0.6) is 0 Å². The third-order valence-corrected chi connectivity index (χ3v) is 5.60. The van der Waals surface area contributed by atoms with E-state index in [0.717, 1.165) is 31.6 Å². The molecule has 1 saturated heterocycles. The SMILES string of the molecule is C=C(NC(C)(C)COC)C(C)N1CCC(CNC(=O)c2cc(F)cc(Cl)c2)CC1. The predicted molar refractivity (Wildman–Crippen MR) is 116 cm³/mol. The van der Waals surface area contributed by atoms with E-state index in [0.29, 0.717) is 19.1 Å². The maximum atomic E-state index is 13.4. The summed E-state index contributed by atoms with van der Waals surface area (Å²) in [4.78, 5) is 14.7. The van der Waals surface area contributed by atoms with Gasteiger partial charge in [0.15, 0.2) is 0 Å². The molecule has 0 spiro atoms. The van der Waals surface area contributed by atoms with E-state index in [1.807, 2.05) is 0 Å². The zero-order valence-corrected chi connectivity index (χ0v) is 18.6. The molecule has 1 aromatic carbocycles. The Hall–Kier alpha value is -1.63. The van der Waals surface area contributed by atoms with Gasteiger partial charge in [-0.15, -0.1) is 0 Å². The van der Waals surface area contributed by atoms with Gasteiger partial charge in [-0.1, -0.05) is 18.2 Å². The number of likely N-dealkylation sites (tertiary alicyclic amines) is 1. The van der Waals surface area contributed by atoms with Gasteiger partial charge < -0.3 is 15.4 Å². The van der Waals surface area contributed by atoms with E-state index in [2.05, 4.69) is 42.9 Å². The highest BCUT2D eigenvalue weighted by Gasteiger charge is 2.27. The normalized spacial score (nSPS) is 17.0. The van der Waals surface area contributed by atoms with Crippen molar-refractivity contribution in [2.24, 2.45) is 5.92 Å². The number of piperidine rings is 1. The molecule has 0 aromatic heterocycles. The van der Waals surface area contributed by atoms with Crippen LogP contribution in [-0.2, 0) is 4.74 Å². The number of nitrogens with zero attached hydrogens (tertiary/aromatic N) is 1. The Balaban J connectivity index is 1.78. The van der Waals surface area contributed by atoms with E-state index in [4.69, 9.17) is 16.3 Å². The standard InChI is InChI=1S/C22H33ClFN3O2/c1-15(26-22(3,4)14-29-5)16(2)27-8-6-17(7-9-27)13-25-21(28)18-10-19(23)12-20(24)11-18/h10-12,16-17,26H,1,6-9,13-14H2,2-5H3,(H,25,28). The highest BCUT2D eigenvalue weighted by atomic mass is 35.5. The highest BCUT2D eigenvalue weighted by Crippen LogP contribution is 2.21. The smallest absolute Gasteiger partial charge is 0.251 e. The number of carbonyl (C=O) groups excluding carboxylic acids is 1. The van der Waals surface area contributed by atoms with Crippen molar-refractivity contribution in [3.63, 3.8) is 0 Å². The van der Waals surface area contributed by atoms with Crippen LogP contribution in [-0.4, -0.2) is 55.7 Å². The van der Waals surface area contributed by atoms with Crippen LogP contribution >= 0.6 is 11.6 Å². The number of nitrogens with one attached hydrogen (secondary N) is 2. The van der Waals surface area contributed by atoms with E-state index < -0.39 is 5.82 Å². The lowest BCUT2D eigenvalue weighted by atomic mass is 9.95. The number of halogens is 2. The van der Waals surface area contributed by atoms with Gasteiger partial charge >= 0.3 is 0 Å². The number of benzene rings is 1. The zero-order valence-electron chi connectivity index (χ0n) is 17.9. The molecule has 29 heavy (non-hydrogen) atoms. The molecule has 7 heteroatoms. The number of methoxy groups -OCH3 is 1. The van der Waals surface area contributed by atoms with E-state index >= 15 is 0 Å². The van der Waals surface area contributed by atoms with Crippen molar-refractivity contribution in [2.75, 3.05) is 33.4 Å². The van der Waals surface area contributed by atoms with Gasteiger partial charge in [0, 0.05) is 36.0 Å². The molecule has 5 nitrogen and oxygen atoms in total. The minimum atomic E-state index is -0.507. The average molecular weight is 426 g/mol. The zero-order chi connectivity index (χ0) is 21.6. The number of hydrogen-bond acceptors (Lipinski definition) is 4. The monoisotopic (exact) mass is 425 g/mol. The fourth-order valence-electron chi connectivity index (χ4n) is 3.72. The van der Waals surface area contributed by atoms with Crippen LogP contribution in [0.2, 0.25) is 5.02 Å². The van der Waals surface area contributed by atoms with Gasteiger partial charge in [-0.3, -0.25) is 9.69 Å². The number of rotatable bonds is 9. The molecule has 2 N–H and O–H groups in total. The predicted octanol–water partition coefficient (Wildman–Crippen LogP) is 3.84. The van der Waals surface area contributed by atoms with Crippen molar-refractivity contribution < 1.29 is 13.9 Å². The number of amides is 1. The summed E-state index contributed by atoms with van der Waals surface area (Å²) in [7, 11) is 1.70. The Bertz CT molecular complexity index is 698. The molecular weight excluding hydrogens is 393 g/mol. The Morgan fingerprint density at radius 1 is 1.38 bits per heavy atom. The molecule has 162 valence electrons. The van der Waals surface area contributed by atoms with Crippen LogP contribution in [0.15, 0.2) is 30.5 Å². The van der Waals surface area contributed by atoms with E-state index in [1.165, 1.54) is 18.2 Å². The molecule has 2 rings (SSSR count). The van der Waals surface area contributed by atoms with E-state index in [1.54, 1.807) is 7.11 Å². The van der Waals surface area contributed by atoms with Crippen molar-refractivity contribution in [3.05, 3.63) is 46.9 Å². The van der Waals surface area contributed by atoms with Crippen molar-refractivity contribution in [1.29, 1.82) is 0 Å². The third kappa shape index (κ3) is 7.28. The average Bonchev–Trinajstić information content (AvgIpc) is 2.64. The summed E-state index contributed by atoms with van der Waals surface area (Å²) in [5.41, 5.74) is 1.08. The summed E-state index contributed by atoms with van der Waals surface area (Å²) in [6.45, 7) is 13.6. The molecule has 1 fully saturated rings. The second-order valence-electron chi connectivity index (χ2n) is 8.49. The lowest BCUT2D eigenvalue weighted by Gasteiger charge is -2.39. The lowest BCUT2D eigenvalue weighted by Crippen LogP contribution is -2.50. The largest absolute Gasteiger partial charge is 0.382 e. The van der Waals surface area contributed by atoms with Crippen molar-refractivity contribution in [1.82, 2.24) is 15.5 Å². The van der Waals surface area contributed by atoms with Crippen molar-refractivity contribution in [2.45, 2.75) is 45.2 Å². The molecule has 1 aliphatic heterocycles. The molecule has 0 saturated carbocycles. The van der Waals surface area contributed by atoms with Crippen molar-refractivity contribution >= 4 is 17.5 Å². The van der Waals surface area contributed by atoms with Gasteiger partial charge in [0.2, 0.25) is 0 Å². The fourth-order valence-corrected chi connectivity index (χ4v) is 3.95. The number of carbonyl (C=O) groups is 1. The summed E-state index contributed by atoms with van der Waals surface area (Å²) in [5.74, 6) is -0.398. The quantitative estimate of drug-likeness (QED) is 0.631. The molecule has 0 bridgehead atoms. The van der Waals surface area contributed by atoms with Gasteiger partial charge in [-0.25, -0.2) is 4.39 Å². The first-order valence-corrected chi connectivity index (χ1v) is 10.4. The van der Waals surface area contributed by atoms with Crippen LogP contribution in [0.1, 0.15) is 44.0 Å². The third-order valence-electron chi connectivity index (χ3n) is 5.38. The van der Waals surface area contributed by atoms with Crippen LogP contribution < -0.4 is 10.6 Å². The molecule has 1 heterocycles. The van der Waals surface area contributed by atoms with Gasteiger partial charge in [-0.05, 0) is 70.8 Å². The summed E-state index contributed by atoms with van der Waals surface area (Å²) in [5, 5.41) is 6.60. The van der Waals surface area contributed by atoms with E-state index in [-0.39, 0.29) is 28.1 Å². The van der Waals surface area contributed by atoms with Gasteiger partial charge in [0.1, 0.15) is 5.82 Å². The molecule has 1 unspecified atom stereocenters. The highest BCUT2D eigenvalue weighted by molar-refractivity contribution is 6.31. The van der Waals surface area contributed by atoms with Crippen LogP contribution in [0.4, 0.5) is 4.39 Å². The molecule has 1 atom stereocenters. The minimum Gasteiger partial charge on any atom is -0.382 e. The van der Waals surface area contributed by atoms with Crippen LogP contribution in [0.25, 0.3) is 0 Å². The van der Waals surface area contributed by atoms with E-state index in [9.17, 15) is 9.18 Å². The van der Waals surface area contributed by atoms with Crippen LogP contribution in [0.3, 0.4) is 0 Å². The van der Waals surface area contributed by atoms with Gasteiger partial charge in [-0.2, -0.15) is 0 Å². The number of hydrogen-bond donors (Lipinski definition) is 2. The number of ether oxygens (including phenoxy) is 1. The molecular formula is C22H33ClFN3O2. The summed E-state index contributed by atoms with van der Waals surface area (Å²) in [6, 6.07) is 4.09. The maximum absolute atomic E-state index is 13.4. The molecule has 1 aliphatic rings. The minimum absolute atomic E-state index is 0.164. The summed E-state index contributed by atoms with van der Waals surface area (Å²) >= 11 is 5.83. The molecule has 0 aliphatic carbocycles. The Labute approximate surface area is 178 Å². The second kappa shape index (κ2) is 10.4. The summed E-state index contributed by atoms with van der Waals surface area (Å²) in [6.07, 6.45) is 1.98. The van der Waals surface area contributed by atoms with Gasteiger partial charge in [0.25, 0.3) is 5.91 Å². The Morgan fingerprint density at radius 3 is 2.62 bits per heavy atom. The van der Waals surface area contributed by atoms with Crippen LogP contribution in [0, 0.1) is 11.7 Å².